The number of hydrogen-bond donors (Lipinski definition) is 0. The normalized spacial score (nSPS) is 13.7. The van der Waals surface area contributed by atoms with E-state index in [0.29, 0.717) is 0 Å². The molecule has 0 spiro atoms. The van der Waals surface area contributed by atoms with Crippen molar-refractivity contribution in [2.24, 2.45) is 0 Å². The van der Waals surface area contributed by atoms with Crippen LogP contribution in [0.15, 0.2) is 237 Å². The second-order valence-electron chi connectivity index (χ2n) is 16.4. The Hall–Kier alpha value is -7.72. The molecule has 1 unspecified atom stereocenters. The van der Waals surface area contributed by atoms with Crippen molar-refractivity contribution in [1.29, 1.82) is 0 Å². The number of hydrogen-bond acceptors (Lipinski definition) is 2. The Labute approximate surface area is 371 Å². The quantitative estimate of drug-likeness (QED) is 0.148. The lowest BCUT2D eigenvalue weighted by Crippen LogP contribution is -2.11. The van der Waals surface area contributed by atoms with Crippen LogP contribution in [0, 0.1) is 0 Å². The Morgan fingerprint density at radius 1 is 0.413 bits per heavy atom. The molecule has 0 saturated heterocycles. The van der Waals surface area contributed by atoms with Crippen LogP contribution in [-0.4, -0.2) is 4.57 Å². The predicted molar refractivity (Wildman–Crippen MR) is 270 cm³/mol. The average Bonchev–Trinajstić information content (AvgIpc) is 3.90. The monoisotopic (exact) mass is 822 g/mol. The van der Waals surface area contributed by atoms with Crippen LogP contribution in [0.1, 0.15) is 17.9 Å². The Balaban J connectivity index is 1.01. The fourth-order valence-electron chi connectivity index (χ4n) is 9.72. The summed E-state index contributed by atoms with van der Waals surface area (Å²) in [6.07, 6.45) is 10.0. The maximum absolute atomic E-state index is 2.46. The number of allylic oxidation sites excluding steroid dienone is 4. The van der Waals surface area contributed by atoms with E-state index in [2.05, 4.69) is 246 Å². The third-order valence-corrected chi connectivity index (χ3v) is 13.9. The molecule has 63 heavy (non-hydrogen) atoms. The number of rotatable bonds is 8. The molecule has 0 N–H and O–H groups in total. The van der Waals surface area contributed by atoms with Crippen LogP contribution in [0.25, 0.3) is 81.0 Å². The van der Waals surface area contributed by atoms with Gasteiger partial charge in [-0.2, -0.15) is 0 Å². The minimum absolute atomic E-state index is 0.212. The van der Waals surface area contributed by atoms with Crippen LogP contribution >= 0.6 is 11.3 Å². The molecule has 298 valence electrons. The molecule has 3 heteroatoms. The number of aromatic nitrogens is 1. The molecule has 0 fully saturated rings. The summed E-state index contributed by atoms with van der Waals surface area (Å²) < 4.78 is 5.05. The minimum atomic E-state index is 0.212. The standard InChI is InChI=1S/C60H42N2S/c1-3-15-41(16-4-1)42-27-29-43(30-28-42)44-31-33-46(34-32-44)61(48-36-38-54-53-22-10-14-26-59(53)63-60(54)40-48)47-35-37-49(55(39-47)45-17-5-2-6-18-45)50-19-7-11-23-56(50)62-57-24-12-8-20-51(57)52-21-9-13-25-58(52)62/h1-17,19-40,45H,18H2. The summed E-state index contributed by atoms with van der Waals surface area (Å²) in [4.78, 5) is 2.45. The molecule has 2 nitrogen and oxygen atoms in total. The average molecular weight is 823 g/mol. The van der Waals surface area contributed by atoms with Gasteiger partial charge in [0.25, 0.3) is 0 Å². The lowest BCUT2D eigenvalue weighted by molar-refractivity contribution is 0.855. The van der Waals surface area contributed by atoms with Gasteiger partial charge in [0.1, 0.15) is 0 Å². The van der Waals surface area contributed by atoms with E-state index in [4.69, 9.17) is 0 Å². The molecular formula is C60H42N2S. The van der Waals surface area contributed by atoms with E-state index in [1.165, 1.54) is 86.6 Å². The van der Waals surface area contributed by atoms with Crippen molar-refractivity contribution >= 4 is 70.4 Å². The SMILES string of the molecule is C1=CCC(c2cc(N(c3ccc(-c4ccc(-c5ccccc5)cc4)cc3)c3ccc4c(c3)sc3ccccc34)ccc2-c2ccccc2-n2c3ccccc3c3ccccc32)C=C1. The topological polar surface area (TPSA) is 8.17 Å². The molecule has 0 amide bonds. The van der Waals surface area contributed by atoms with E-state index in [9.17, 15) is 0 Å². The van der Waals surface area contributed by atoms with Crippen molar-refractivity contribution in [3.8, 4) is 39.1 Å². The summed E-state index contributed by atoms with van der Waals surface area (Å²) in [7, 11) is 0. The predicted octanol–water partition coefficient (Wildman–Crippen LogP) is 17.2. The number of para-hydroxylation sites is 3. The highest BCUT2D eigenvalue weighted by Gasteiger charge is 2.23. The zero-order chi connectivity index (χ0) is 41.7. The highest BCUT2D eigenvalue weighted by atomic mass is 32.1. The van der Waals surface area contributed by atoms with E-state index < -0.39 is 0 Å². The number of benzene rings is 9. The molecule has 12 rings (SSSR count). The summed E-state index contributed by atoms with van der Waals surface area (Å²) >= 11 is 1.86. The first-order chi connectivity index (χ1) is 31.2. The van der Waals surface area contributed by atoms with Crippen LogP contribution in [-0.2, 0) is 0 Å². The molecule has 2 aromatic heterocycles. The molecule has 1 aliphatic carbocycles. The van der Waals surface area contributed by atoms with E-state index in [1.54, 1.807) is 0 Å². The molecule has 11 aromatic rings. The van der Waals surface area contributed by atoms with Gasteiger partial charge in [-0.25, -0.2) is 0 Å². The number of thiophene rings is 1. The maximum atomic E-state index is 2.46. The Bertz CT molecular complexity index is 3480. The smallest absolute Gasteiger partial charge is 0.0541 e. The second kappa shape index (κ2) is 15.6. The summed E-state index contributed by atoms with van der Waals surface area (Å²) in [6, 6.07) is 78.0. The molecule has 0 bridgehead atoms. The first kappa shape index (κ1) is 37.1. The van der Waals surface area contributed by atoms with Gasteiger partial charge in [0.15, 0.2) is 0 Å². The highest BCUT2D eigenvalue weighted by Crippen LogP contribution is 2.45. The number of nitrogens with zero attached hydrogens (tertiary/aromatic N) is 2. The van der Waals surface area contributed by atoms with Crippen molar-refractivity contribution in [2.75, 3.05) is 4.90 Å². The first-order valence-corrected chi connectivity index (χ1v) is 22.6. The molecule has 0 saturated carbocycles. The van der Waals surface area contributed by atoms with Crippen molar-refractivity contribution in [3.63, 3.8) is 0 Å². The van der Waals surface area contributed by atoms with Gasteiger partial charge in [0.05, 0.1) is 16.7 Å². The Morgan fingerprint density at radius 3 is 1.68 bits per heavy atom. The van der Waals surface area contributed by atoms with Crippen LogP contribution in [0.5, 0.6) is 0 Å². The largest absolute Gasteiger partial charge is 0.310 e. The minimum Gasteiger partial charge on any atom is -0.310 e. The lowest BCUT2D eigenvalue weighted by Gasteiger charge is -2.28. The fourth-order valence-corrected chi connectivity index (χ4v) is 10.9. The zero-order valence-corrected chi connectivity index (χ0v) is 35.4. The molecule has 0 radical (unpaired) electrons. The fraction of sp³-hybridized carbons (Fsp3) is 0.0333. The summed E-state index contributed by atoms with van der Waals surface area (Å²) in [5.41, 5.74) is 15.6. The van der Waals surface area contributed by atoms with Crippen LogP contribution in [0.4, 0.5) is 17.1 Å². The summed E-state index contributed by atoms with van der Waals surface area (Å²) in [6.45, 7) is 0. The van der Waals surface area contributed by atoms with E-state index in [1.807, 2.05) is 11.3 Å². The van der Waals surface area contributed by atoms with E-state index in [0.717, 1.165) is 23.5 Å². The van der Waals surface area contributed by atoms with Crippen molar-refractivity contribution < 1.29 is 0 Å². The summed E-state index contributed by atoms with van der Waals surface area (Å²) in [5.74, 6) is 0.212. The third-order valence-electron chi connectivity index (χ3n) is 12.8. The molecule has 9 aromatic carbocycles. The molecule has 2 heterocycles. The number of fused-ring (bicyclic) bond motifs is 6. The van der Waals surface area contributed by atoms with Gasteiger partial charge in [0, 0.05) is 59.5 Å². The van der Waals surface area contributed by atoms with Gasteiger partial charge in [-0.05, 0) is 100 Å². The molecule has 1 aliphatic rings. The van der Waals surface area contributed by atoms with Crippen molar-refractivity contribution in [2.45, 2.75) is 12.3 Å². The zero-order valence-electron chi connectivity index (χ0n) is 34.6. The maximum Gasteiger partial charge on any atom is 0.0541 e. The third kappa shape index (κ3) is 6.57. The molecule has 1 atom stereocenters. The van der Waals surface area contributed by atoms with E-state index >= 15 is 0 Å². The highest BCUT2D eigenvalue weighted by molar-refractivity contribution is 7.25. The van der Waals surface area contributed by atoms with Gasteiger partial charge in [0.2, 0.25) is 0 Å². The lowest BCUT2D eigenvalue weighted by atomic mass is 9.85. The Morgan fingerprint density at radius 2 is 0.968 bits per heavy atom. The van der Waals surface area contributed by atoms with Crippen molar-refractivity contribution in [3.05, 3.63) is 242 Å². The Kier molecular flexibility index (Phi) is 9.20. The molecular weight excluding hydrogens is 781 g/mol. The van der Waals surface area contributed by atoms with Gasteiger partial charge in [-0.1, -0.05) is 176 Å². The summed E-state index contributed by atoms with van der Waals surface area (Å²) in [5, 5.41) is 5.13. The van der Waals surface area contributed by atoms with Gasteiger partial charge >= 0.3 is 0 Å². The van der Waals surface area contributed by atoms with Crippen molar-refractivity contribution in [1.82, 2.24) is 4.57 Å². The van der Waals surface area contributed by atoms with Crippen LogP contribution < -0.4 is 4.90 Å². The first-order valence-electron chi connectivity index (χ1n) is 21.8. The van der Waals surface area contributed by atoms with Crippen LogP contribution in [0.3, 0.4) is 0 Å². The second-order valence-corrected chi connectivity index (χ2v) is 17.5. The number of anilines is 3. The molecule has 0 aliphatic heterocycles. The van der Waals surface area contributed by atoms with Gasteiger partial charge in [-0.15, -0.1) is 11.3 Å². The van der Waals surface area contributed by atoms with Gasteiger partial charge in [-0.3, -0.25) is 0 Å². The van der Waals surface area contributed by atoms with E-state index in [-0.39, 0.29) is 5.92 Å². The van der Waals surface area contributed by atoms with Gasteiger partial charge < -0.3 is 9.47 Å². The van der Waals surface area contributed by atoms with Crippen LogP contribution in [0.2, 0.25) is 0 Å².